The second-order valence-corrected chi connectivity index (χ2v) is 6.94. The summed E-state index contributed by atoms with van der Waals surface area (Å²) in [6.07, 6.45) is 0. The number of nitrogens with zero attached hydrogens (tertiary/aromatic N) is 4. The first-order valence-corrected chi connectivity index (χ1v) is 8.09. The highest BCUT2D eigenvalue weighted by molar-refractivity contribution is 8.01. The van der Waals surface area contributed by atoms with Crippen molar-refractivity contribution >= 4 is 28.2 Å². The summed E-state index contributed by atoms with van der Waals surface area (Å²) in [5.41, 5.74) is 6.41. The molecule has 0 bridgehead atoms. The summed E-state index contributed by atoms with van der Waals surface area (Å²) >= 11 is 2.81. The van der Waals surface area contributed by atoms with Crippen LogP contribution in [0.15, 0.2) is 33.0 Å². The van der Waals surface area contributed by atoms with Crippen molar-refractivity contribution in [3.63, 3.8) is 0 Å². The van der Waals surface area contributed by atoms with Crippen LogP contribution in [0, 0.1) is 0 Å². The monoisotopic (exact) mass is 335 g/mol. The van der Waals surface area contributed by atoms with Crippen molar-refractivity contribution in [2.24, 2.45) is 0 Å². The SMILES string of the molecule is COc1ccc(-c2nnc([C@@H](C)Sc3nnc(N)s3)o2)cc1. The summed E-state index contributed by atoms with van der Waals surface area (Å²) in [5, 5.41) is 16.3. The summed E-state index contributed by atoms with van der Waals surface area (Å²) < 4.78 is 11.6. The Morgan fingerprint density at radius 3 is 2.59 bits per heavy atom. The Labute approximate surface area is 134 Å². The van der Waals surface area contributed by atoms with E-state index >= 15 is 0 Å². The van der Waals surface area contributed by atoms with Crippen molar-refractivity contribution in [3.05, 3.63) is 30.2 Å². The summed E-state index contributed by atoms with van der Waals surface area (Å²) in [6.45, 7) is 1.97. The molecule has 0 aliphatic heterocycles. The van der Waals surface area contributed by atoms with E-state index in [4.69, 9.17) is 14.9 Å². The summed E-state index contributed by atoms with van der Waals surface area (Å²) in [5.74, 6) is 1.78. The molecule has 0 radical (unpaired) electrons. The van der Waals surface area contributed by atoms with Crippen LogP contribution in [0.5, 0.6) is 5.75 Å². The third-order valence-electron chi connectivity index (χ3n) is 2.83. The van der Waals surface area contributed by atoms with Gasteiger partial charge in [-0.05, 0) is 31.2 Å². The third-order valence-corrected chi connectivity index (χ3v) is 4.75. The van der Waals surface area contributed by atoms with Gasteiger partial charge in [0, 0.05) is 5.56 Å². The molecule has 22 heavy (non-hydrogen) atoms. The van der Waals surface area contributed by atoms with Gasteiger partial charge in [0.15, 0.2) is 4.34 Å². The minimum atomic E-state index is -0.0353. The first kappa shape index (κ1) is 14.8. The van der Waals surface area contributed by atoms with Gasteiger partial charge in [0.25, 0.3) is 0 Å². The van der Waals surface area contributed by atoms with E-state index < -0.39 is 0 Å². The van der Waals surface area contributed by atoms with Crippen molar-refractivity contribution < 1.29 is 9.15 Å². The molecule has 2 heterocycles. The van der Waals surface area contributed by atoms with E-state index in [1.807, 2.05) is 31.2 Å². The zero-order chi connectivity index (χ0) is 15.5. The van der Waals surface area contributed by atoms with E-state index in [0.717, 1.165) is 15.7 Å². The Morgan fingerprint density at radius 2 is 1.95 bits per heavy atom. The smallest absolute Gasteiger partial charge is 0.247 e. The molecular formula is C13H13N5O2S2. The lowest BCUT2D eigenvalue weighted by Gasteiger charge is -2.02. The molecule has 3 rings (SSSR count). The molecule has 0 saturated heterocycles. The van der Waals surface area contributed by atoms with Gasteiger partial charge in [-0.2, -0.15) is 0 Å². The highest BCUT2D eigenvalue weighted by atomic mass is 32.2. The largest absolute Gasteiger partial charge is 0.497 e. The summed E-state index contributed by atoms with van der Waals surface area (Å²) in [6, 6.07) is 7.45. The molecule has 0 amide bonds. The van der Waals surface area contributed by atoms with Crippen LogP contribution >= 0.6 is 23.1 Å². The molecule has 0 aliphatic carbocycles. The third kappa shape index (κ3) is 3.20. The number of ether oxygens (including phenoxy) is 1. The quantitative estimate of drug-likeness (QED) is 0.710. The maximum atomic E-state index is 5.73. The van der Waals surface area contributed by atoms with Crippen LogP contribution in [0.25, 0.3) is 11.5 Å². The molecule has 0 aliphatic rings. The van der Waals surface area contributed by atoms with Gasteiger partial charge in [-0.25, -0.2) is 0 Å². The highest BCUT2D eigenvalue weighted by Crippen LogP contribution is 2.37. The molecule has 0 unspecified atom stereocenters. The van der Waals surface area contributed by atoms with Gasteiger partial charge in [0.1, 0.15) is 5.75 Å². The zero-order valence-corrected chi connectivity index (χ0v) is 13.5. The molecule has 1 atom stereocenters. The van der Waals surface area contributed by atoms with Crippen LogP contribution in [-0.4, -0.2) is 27.5 Å². The summed E-state index contributed by atoms with van der Waals surface area (Å²) in [7, 11) is 1.62. The second-order valence-electron chi connectivity index (χ2n) is 4.34. The minimum absolute atomic E-state index is 0.0353. The number of hydrogen-bond acceptors (Lipinski definition) is 9. The predicted molar refractivity (Wildman–Crippen MR) is 84.9 cm³/mol. The number of nitrogen functional groups attached to an aromatic ring is 1. The van der Waals surface area contributed by atoms with E-state index in [9.17, 15) is 0 Å². The molecule has 9 heteroatoms. The van der Waals surface area contributed by atoms with Gasteiger partial charge >= 0.3 is 0 Å². The lowest BCUT2D eigenvalue weighted by Crippen LogP contribution is -1.88. The Balaban J connectivity index is 1.74. The van der Waals surface area contributed by atoms with Crippen LogP contribution < -0.4 is 10.5 Å². The molecule has 1 aromatic carbocycles. The molecule has 3 aromatic rings. The molecule has 0 fully saturated rings. The standard InChI is InChI=1S/C13H13N5O2S2/c1-7(21-13-18-17-12(14)22-13)10-15-16-11(20-10)8-3-5-9(19-2)6-4-8/h3-7H,1-2H3,(H2,14,17)/t7-/m1/s1. The van der Waals surface area contributed by atoms with E-state index in [1.165, 1.54) is 23.1 Å². The maximum absolute atomic E-state index is 5.73. The van der Waals surface area contributed by atoms with E-state index in [1.54, 1.807) is 7.11 Å². The van der Waals surface area contributed by atoms with Gasteiger partial charge in [0.2, 0.25) is 16.9 Å². The van der Waals surface area contributed by atoms with Gasteiger partial charge < -0.3 is 14.9 Å². The lowest BCUT2D eigenvalue weighted by atomic mass is 10.2. The Morgan fingerprint density at radius 1 is 1.18 bits per heavy atom. The van der Waals surface area contributed by atoms with E-state index in [-0.39, 0.29) is 5.25 Å². The summed E-state index contributed by atoms with van der Waals surface area (Å²) in [4.78, 5) is 0. The van der Waals surface area contributed by atoms with Crippen molar-refractivity contribution in [1.29, 1.82) is 0 Å². The number of rotatable bonds is 5. The number of aromatic nitrogens is 4. The molecule has 2 aromatic heterocycles. The van der Waals surface area contributed by atoms with Crippen molar-refractivity contribution in [2.75, 3.05) is 12.8 Å². The maximum Gasteiger partial charge on any atom is 0.247 e. The molecule has 7 nitrogen and oxygen atoms in total. The number of methoxy groups -OCH3 is 1. The number of anilines is 1. The normalized spacial score (nSPS) is 12.3. The topological polar surface area (TPSA) is 100.0 Å². The van der Waals surface area contributed by atoms with Gasteiger partial charge in [0.05, 0.1) is 12.4 Å². The van der Waals surface area contributed by atoms with Crippen molar-refractivity contribution in [2.45, 2.75) is 16.5 Å². The van der Waals surface area contributed by atoms with Gasteiger partial charge in [-0.15, -0.1) is 20.4 Å². The van der Waals surface area contributed by atoms with Gasteiger partial charge in [-0.3, -0.25) is 0 Å². The highest BCUT2D eigenvalue weighted by Gasteiger charge is 2.18. The first-order chi connectivity index (χ1) is 10.7. The first-order valence-electron chi connectivity index (χ1n) is 6.39. The van der Waals surface area contributed by atoms with Crippen LogP contribution in [0.2, 0.25) is 0 Å². The predicted octanol–water partition coefficient (Wildman–Crippen LogP) is 3.03. The average molecular weight is 335 g/mol. The fourth-order valence-electron chi connectivity index (χ4n) is 1.72. The lowest BCUT2D eigenvalue weighted by molar-refractivity contribution is 0.415. The minimum Gasteiger partial charge on any atom is -0.497 e. The van der Waals surface area contributed by atoms with Crippen molar-refractivity contribution in [1.82, 2.24) is 20.4 Å². The Hall–Kier alpha value is -2.13. The average Bonchev–Trinajstić information content (AvgIpc) is 3.17. The van der Waals surface area contributed by atoms with Crippen LogP contribution in [-0.2, 0) is 0 Å². The van der Waals surface area contributed by atoms with Crippen LogP contribution in [0.3, 0.4) is 0 Å². The fourth-order valence-corrected chi connectivity index (χ4v) is 3.53. The second kappa shape index (κ2) is 6.32. The van der Waals surface area contributed by atoms with E-state index in [2.05, 4.69) is 20.4 Å². The fraction of sp³-hybridized carbons (Fsp3) is 0.231. The number of hydrogen-bond donors (Lipinski definition) is 1. The number of nitrogens with two attached hydrogens (primary N) is 1. The Bertz CT molecular complexity index is 756. The van der Waals surface area contributed by atoms with Gasteiger partial charge in [-0.1, -0.05) is 23.1 Å². The molecular weight excluding hydrogens is 322 g/mol. The molecule has 0 saturated carbocycles. The zero-order valence-electron chi connectivity index (χ0n) is 11.9. The van der Waals surface area contributed by atoms with E-state index in [0.29, 0.717) is 16.9 Å². The van der Waals surface area contributed by atoms with Crippen molar-refractivity contribution in [3.8, 4) is 17.2 Å². The molecule has 2 N–H and O–H groups in total. The number of benzene rings is 1. The Kier molecular flexibility index (Phi) is 4.25. The van der Waals surface area contributed by atoms with Crippen LogP contribution in [0.4, 0.5) is 5.13 Å². The van der Waals surface area contributed by atoms with Crippen LogP contribution in [0.1, 0.15) is 18.1 Å². The number of thioether (sulfide) groups is 1. The molecule has 114 valence electrons. The molecule has 0 spiro atoms.